The molecule has 0 aliphatic carbocycles. The Morgan fingerprint density at radius 2 is 1.51 bits per heavy atom. The molecule has 1 amide bonds. The second kappa shape index (κ2) is 9.46. The lowest BCUT2D eigenvalue weighted by atomic mass is 9.62. The Balaban J connectivity index is 1.52. The van der Waals surface area contributed by atoms with Gasteiger partial charge in [-0.05, 0) is 77.4 Å². The molecule has 0 unspecified atom stereocenters. The lowest BCUT2D eigenvalue weighted by Gasteiger charge is -2.38. The molecule has 7 rings (SSSR count). The molecule has 202 valence electrons. The van der Waals surface area contributed by atoms with E-state index < -0.39 is 23.4 Å². The van der Waals surface area contributed by atoms with Crippen molar-refractivity contribution in [1.29, 1.82) is 0 Å². The van der Waals surface area contributed by atoms with E-state index in [1.807, 2.05) is 65.7 Å². The predicted octanol–water partition coefficient (Wildman–Crippen LogP) is 6.33. The zero-order chi connectivity index (χ0) is 28.3. The lowest BCUT2D eigenvalue weighted by molar-refractivity contribution is -0.122. The van der Waals surface area contributed by atoms with Crippen LogP contribution in [0.2, 0.25) is 5.02 Å². The summed E-state index contributed by atoms with van der Waals surface area (Å²) in [4.78, 5) is 45.7. The van der Waals surface area contributed by atoms with Gasteiger partial charge in [-0.25, -0.2) is 0 Å². The van der Waals surface area contributed by atoms with Gasteiger partial charge in [-0.15, -0.1) is 0 Å². The number of para-hydroxylation sites is 1. The van der Waals surface area contributed by atoms with Crippen molar-refractivity contribution < 1.29 is 19.1 Å². The topological polar surface area (TPSA) is 75.7 Å². The molecule has 7 heteroatoms. The number of ketones is 2. The number of ether oxygens (including phenoxy) is 1. The molecule has 3 heterocycles. The summed E-state index contributed by atoms with van der Waals surface area (Å²) in [6, 6.07) is 27.3. The molecular formula is C34H25ClN2O4. The number of hydrogen-bond donors (Lipinski definition) is 1. The van der Waals surface area contributed by atoms with Crippen molar-refractivity contribution in [3.63, 3.8) is 0 Å². The van der Waals surface area contributed by atoms with E-state index in [0.717, 1.165) is 11.1 Å². The Kier molecular flexibility index (Phi) is 5.84. The van der Waals surface area contributed by atoms with Crippen LogP contribution in [-0.2, 0) is 10.2 Å². The van der Waals surface area contributed by atoms with Crippen LogP contribution in [0.25, 0.3) is 6.08 Å². The average molecular weight is 561 g/mol. The number of fused-ring (bicyclic) bond motifs is 6. The van der Waals surface area contributed by atoms with Crippen LogP contribution < -0.4 is 10.1 Å². The van der Waals surface area contributed by atoms with Crippen LogP contribution in [0.4, 0.5) is 5.69 Å². The fourth-order valence-electron chi connectivity index (χ4n) is 6.89. The number of halogens is 1. The molecule has 4 aromatic carbocycles. The lowest BCUT2D eigenvalue weighted by Crippen LogP contribution is -2.49. The number of rotatable bonds is 5. The molecule has 3 aliphatic rings. The van der Waals surface area contributed by atoms with E-state index >= 15 is 0 Å². The van der Waals surface area contributed by atoms with Crippen molar-refractivity contribution in [3.05, 3.63) is 136 Å². The Hall–Kier alpha value is -4.68. The standard InChI is InChI=1S/C34H25ClN2O4/c1-41-24-16-12-21(13-17-24)30(38)28-29(31(39)22-10-14-23(35)15-11-22)37-19-18-20-6-2-3-7-25(20)32(37)34(28)26-8-4-5-9-27(26)36-33(34)40/h2-19,28-29,32H,1H3,(H,36,40)/t28-,29+,32-,34-/m0/s1. The molecule has 3 aliphatic heterocycles. The molecule has 0 saturated carbocycles. The molecule has 0 radical (unpaired) electrons. The number of nitrogens with one attached hydrogen (secondary N) is 1. The Morgan fingerprint density at radius 1 is 0.854 bits per heavy atom. The summed E-state index contributed by atoms with van der Waals surface area (Å²) in [5.41, 5.74) is 2.64. The van der Waals surface area contributed by atoms with Crippen LogP contribution in [0, 0.1) is 5.92 Å². The van der Waals surface area contributed by atoms with Crippen LogP contribution in [0.5, 0.6) is 5.75 Å². The first-order valence-corrected chi connectivity index (χ1v) is 13.8. The Bertz CT molecular complexity index is 1750. The van der Waals surface area contributed by atoms with E-state index in [4.69, 9.17) is 16.3 Å². The van der Waals surface area contributed by atoms with Gasteiger partial charge in [0, 0.05) is 28.0 Å². The van der Waals surface area contributed by atoms with E-state index in [1.165, 1.54) is 0 Å². The normalized spacial score (nSPS) is 23.5. The first kappa shape index (κ1) is 25.3. The Morgan fingerprint density at radius 3 is 2.27 bits per heavy atom. The maximum Gasteiger partial charge on any atom is 0.238 e. The molecule has 1 fully saturated rings. The average Bonchev–Trinajstić information content (AvgIpc) is 3.49. The second-order valence-corrected chi connectivity index (χ2v) is 11.0. The number of carbonyl (C=O) groups is 3. The number of methoxy groups -OCH3 is 1. The maximum absolute atomic E-state index is 14.8. The van der Waals surface area contributed by atoms with Crippen molar-refractivity contribution in [2.75, 3.05) is 12.4 Å². The summed E-state index contributed by atoms with van der Waals surface area (Å²) in [6.45, 7) is 0. The summed E-state index contributed by atoms with van der Waals surface area (Å²) < 4.78 is 5.32. The molecular weight excluding hydrogens is 536 g/mol. The van der Waals surface area contributed by atoms with E-state index in [0.29, 0.717) is 33.1 Å². The fourth-order valence-corrected chi connectivity index (χ4v) is 7.01. The summed E-state index contributed by atoms with van der Waals surface area (Å²) in [5, 5.41) is 3.57. The maximum atomic E-state index is 14.8. The highest BCUT2D eigenvalue weighted by Crippen LogP contribution is 2.62. The highest BCUT2D eigenvalue weighted by atomic mass is 35.5. The number of benzene rings is 4. The van der Waals surface area contributed by atoms with Crippen LogP contribution in [0.3, 0.4) is 0 Å². The van der Waals surface area contributed by atoms with Crippen molar-refractivity contribution in [1.82, 2.24) is 4.90 Å². The smallest absolute Gasteiger partial charge is 0.238 e. The third kappa shape index (κ3) is 3.60. The minimum Gasteiger partial charge on any atom is -0.497 e. The molecule has 6 nitrogen and oxygen atoms in total. The molecule has 4 atom stereocenters. The van der Waals surface area contributed by atoms with Gasteiger partial charge in [0.25, 0.3) is 0 Å². The number of hydrogen-bond acceptors (Lipinski definition) is 5. The zero-order valence-electron chi connectivity index (χ0n) is 22.1. The molecule has 0 aromatic heterocycles. The first-order valence-electron chi connectivity index (χ1n) is 13.4. The monoisotopic (exact) mass is 560 g/mol. The van der Waals surface area contributed by atoms with E-state index in [9.17, 15) is 14.4 Å². The molecule has 4 aromatic rings. The third-order valence-corrected chi connectivity index (χ3v) is 8.88. The van der Waals surface area contributed by atoms with Gasteiger partial charge in [-0.1, -0.05) is 54.1 Å². The van der Waals surface area contributed by atoms with Gasteiger partial charge in [0.05, 0.1) is 19.1 Å². The number of anilines is 1. The van der Waals surface area contributed by atoms with E-state index in [1.54, 1.807) is 55.6 Å². The third-order valence-electron chi connectivity index (χ3n) is 8.62. The Labute approximate surface area is 242 Å². The van der Waals surface area contributed by atoms with Gasteiger partial charge in [0.2, 0.25) is 5.91 Å². The summed E-state index contributed by atoms with van der Waals surface area (Å²) >= 11 is 6.15. The highest BCUT2D eigenvalue weighted by Gasteiger charge is 2.70. The first-order chi connectivity index (χ1) is 19.9. The van der Waals surface area contributed by atoms with Crippen molar-refractivity contribution in [2.24, 2.45) is 5.92 Å². The number of amides is 1. The predicted molar refractivity (Wildman–Crippen MR) is 157 cm³/mol. The molecule has 41 heavy (non-hydrogen) atoms. The van der Waals surface area contributed by atoms with Gasteiger partial charge < -0.3 is 15.0 Å². The van der Waals surface area contributed by atoms with Crippen molar-refractivity contribution in [3.8, 4) is 5.75 Å². The quantitative estimate of drug-likeness (QED) is 0.289. The second-order valence-electron chi connectivity index (χ2n) is 10.5. The van der Waals surface area contributed by atoms with Gasteiger partial charge in [-0.3, -0.25) is 14.4 Å². The minimum atomic E-state index is -1.37. The van der Waals surface area contributed by atoms with Crippen molar-refractivity contribution in [2.45, 2.75) is 17.5 Å². The summed E-state index contributed by atoms with van der Waals surface area (Å²) in [7, 11) is 1.56. The SMILES string of the molecule is COc1ccc(C(=O)[C@@H]2[C@H](C(=O)c3ccc(Cl)cc3)N3C=Cc4ccccc4[C@H]3[C@@]23C(=O)Nc2ccccc23)cc1. The highest BCUT2D eigenvalue weighted by molar-refractivity contribution is 6.30. The van der Waals surface area contributed by atoms with Crippen LogP contribution in [0.1, 0.15) is 43.4 Å². The van der Waals surface area contributed by atoms with Gasteiger partial charge in [-0.2, -0.15) is 0 Å². The number of Topliss-reactive ketones (excluding diaryl/α,β-unsaturated/α-hetero) is 2. The molecule has 1 N–H and O–H groups in total. The van der Waals surface area contributed by atoms with E-state index in [2.05, 4.69) is 5.32 Å². The van der Waals surface area contributed by atoms with E-state index in [-0.39, 0.29) is 17.5 Å². The fraction of sp³-hybridized carbons (Fsp3) is 0.147. The van der Waals surface area contributed by atoms with Crippen molar-refractivity contribution >= 4 is 40.8 Å². The molecule has 1 spiro atoms. The summed E-state index contributed by atoms with van der Waals surface area (Å²) in [6.07, 6.45) is 3.81. The minimum absolute atomic E-state index is 0.253. The molecule has 1 saturated heterocycles. The zero-order valence-corrected chi connectivity index (χ0v) is 22.8. The van der Waals surface area contributed by atoms with Crippen LogP contribution in [-0.4, -0.2) is 35.5 Å². The van der Waals surface area contributed by atoms with Gasteiger partial charge in [0.1, 0.15) is 17.2 Å². The largest absolute Gasteiger partial charge is 0.497 e. The summed E-state index contributed by atoms with van der Waals surface area (Å²) in [5.74, 6) is -1.26. The number of nitrogens with zero attached hydrogens (tertiary/aromatic N) is 1. The van der Waals surface area contributed by atoms with Gasteiger partial charge in [0.15, 0.2) is 11.6 Å². The van der Waals surface area contributed by atoms with Gasteiger partial charge >= 0.3 is 0 Å². The number of carbonyl (C=O) groups excluding carboxylic acids is 3. The van der Waals surface area contributed by atoms with Crippen LogP contribution >= 0.6 is 11.6 Å². The molecule has 0 bridgehead atoms. The van der Waals surface area contributed by atoms with Crippen LogP contribution in [0.15, 0.2) is 103 Å².